The van der Waals surface area contributed by atoms with Crippen LogP contribution in [0.1, 0.15) is 12.0 Å². The third-order valence-electron chi connectivity index (χ3n) is 2.15. The highest BCUT2D eigenvalue weighted by atomic mass is 32.2. The van der Waals surface area contributed by atoms with E-state index in [4.69, 9.17) is 0 Å². The van der Waals surface area contributed by atoms with E-state index in [0.29, 0.717) is 5.69 Å². The van der Waals surface area contributed by atoms with Gasteiger partial charge >= 0.3 is 0 Å². The highest BCUT2D eigenvalue weighted by Crippen LogP contribution is 2.11. The third-order valence-corrected chi connectivity index (χ3v) is 2.76. The Labute approximate surface area is 97.1 Å². The Morgan fingerprint density at radius 1 is 1.19 bits per heavy atom. The second-order valence-electron chi connectivity index (χ2n) is 3.78. The third kappa shape index (κ3) is 5.14. The van der Waals surface area contributed by atoms with Crippen LogP contribution in [0.25, 0.3) is 0 Å². The van der Waals surface area contributed by atoms with Gasteiger partial charge in [0.25, 0.3) is 0 Å². The number of hydrogen-bond donors (Lipinski definition) is 2. The zero-order chi connectivity index (χ0) is 12.0. The lowest BCUT2D eigenvalue weighted by atomic mass is 10.1. The van der Waals surface area contributed by atoms with E-state index in [1.165, 1.54) is 5.56 Å². The first kappa shape index (κ1) is 13.0. The van der Waals surface area contributed by atoms with E-state index in [1.807, 2.05) is 19.2 Å². The lowest BCUT2D eigenvalue weighted by Gasteiger charge is -2.05. The molecule has 0 saturated carbocycles. The fraction of sp³-hybridized carbons (Fsp3) is 0.455. The molecule has 90 valence electrons. The van der Waals surface area contributed by atoms with E-state index >= 15 is 0 Å². The summed E-state index contributed by atoms with van der Waals surface area (Å²) in [5.41, 5.74) is 1.83. The molecule has 0 aliphatic rings. The van der Waals surface area contributed by atoms with Crippen molar-refractivity contribution in [1.29, 1.82) is 0 Å². The highest BCUT2D eigenvalue weighted by molar-refractivity contribution is 7.92. The quantitative estimate of drug-likeness (QED) is 0.737. The molecule has 0 saturated heterocycles. The van der Waals surface area contributed by atoms with E-state index in [0.717, 1.165) is 25.6 Å². The Hall–Kier alpha value is -1.07. The summed E-state index contributed by atoms with van der Waals surface area (Å²) in [4.78, 5) is 0. The molecule has 5 heteroatoms. The van der Waals surface area contributed by atoms with Crippen LogP contribution in [0.3, 0.4) is 0 Å². The molecule has 2 N–H and O–H groups in total. The van der Waals surface area contributed by atoms with Gasteiger partial charge in [0.1, 0.15) is 0 Å². The molecule has 1 aromatic rings. The van der Waals surface area contributed by atoms with Crippen molar-refractivity contribution in [3.63, 3.8) is 0 Å². The van der Waals surface area contributed by atoms with Crippen LogP contribution in [-0.2, 0) is 16.4 Å². The van der Waals surface area contributed by atoms with Crippen molar-refractivity contribution in [3.05, 3.63) is 29.8 Å². The molecule has 0 spiro atoms. The maximum Gasteiger partial charge on any atom is 0.229 e. The number of rotatable bonds is 6. The molecular formula is C11H18N2O2S. The Balaban J connectivity index is 2.54. The van der Waals surface area contributed by atoms with Crippen molar-refractivity contribution in [2.45, 2.75) is 12.8 Å². The van der Waals surface area contributed by atoms with Crippen LogP contribution < -0.4 is 10.0 Å². The molecule has 0 aliphatic carbocycles. The number of nitrogens with one attached hydrogen (secondary N) is 2. The van der Waals surface area contributed by atoms with Gasteiger partial charge in [-0.2, -0.15) is 0 Å². The molecule has 0 heterocycles. The molecule has 0 aromatic heterocycles. The van der Waals surface area contributed by atoms with Crippen LogP contribution in [0.2, 0.25) is 0 Å². The minimum atomic E-state index is -3.17. The Bertz CT molecular complexity index is 412. The lowest BCUT2D eigenvalue weighted by Crippen LogP contribution is -2.10. The number of aryl methyl sites for hydroxylation is 1. The van der Waals surface area contributed by atoms with E-state index < -0.39 is 10.0 Å². The number of anilines is 1. The molecule has 0 atom stereocenters. The SMILES string of the molecule is CNCCCc1ccc(NS(C)(=O)=O)cc1. The summed E-state index contributed by atoms with van der Waals surface area (Å²) in [6.45, 7) is 0.989. The molecule has 16 heavy (non-hydrogen) atoms. The number of hydrogen-bond acceptors (Lipinski definition) is 3. The molecule has 4 nitrogen and oxygen atoms in total. The molecule has 0 unspecified atom stereocenters. The van der Waals surface area contributed by atoms with Crippen LogP contribution in [0.5, 0.6) is 0 Å². The maximum absolute atomic E-state index is 11.0. The van der Waals surface area contributed by atoms with Crippen LogP contribution in [-0.4, -0.2) is 28.3 Å². The molecule has 1 rings (SSSR count). The zero-order valence-corrected chi connectivity index (χ0v) is 10.5. The van der Waals surface area contributed by atoms with Crippen molar-refractivity contribution >= 4 is 15.7 Å². The summed E-state index contributed by atoms with van der Waals surface area (Å²) in [6.07, 6.45) is 3.23. The monoisotopic (exact) mass is 242 g/mol. The molecule has 0 amide bonds. The van der Waals surface area contributed by atoms with Gasteiger partial charge in [-0.1, -0.05) is 12.1 Å². The first-order chi connectivity index (χ1) is 7.51. The fourth-order valence-electron chi connectivity index (χ4n) is 1.42. The molecule has 0 fully saturated rings. The van der Waals surface area contributed by atoms with Gasteiger partial charge in [0.2, 0.25) is 10.0 Å². The molecular weight excluding hydrogens is 224 g/mol. The van der Waals surface area contributed by atoms with Crippen molar-refractivity contribution in [1.82, 2.24) is 5.32 Å². The van der Waals surface area contributed by atoms with E-state index in [9.17, 15) is 8.42 Å². The normalized spacial score (nSPS) is 11.4. The first-order valence-electron chi connectivity index (χ1n) is 5.22. The summed E-state index contributed by atoms with van der Waals surface area (Å²) in [5.74, 6) is 0. The van der Waals surface area contributed by atoms with Gasteiger partial charge in [0.05, 0.1) is 6.26 Å². The van der Waals surface area contributed by atoms with Crippen molar-refractivity contribution in [3.8, 4) is 0 Å². The van der Waals surface area contributed by atoms with Crippen molar-refractivity contribution in [2.24, 2.45) is 0 Å². The average Bonchev–Trinajstić information content (AvgIpc) is 2.19. The van der Waals surface area contributed by atoms with Gasteiger partial charge in [-0.3, -0.25) is 4.72 Å². The van der Waals surface area contributed by atoms with Gasteiger partial charge in [-0.15, -0.1) is 0 Å². The fourth-order valence-corrected chi connectivity index (χ4v) is 1.99. The largest absolute Gasteiger partial charge is 0.320 e. The van der Waals surface area contributed by atoms with E-state index in [2.05, 4.69) is 10.0 Å². The lowest BCUT2D eigenvalue weighted by molar-refractivity contribution is 0.607. The molecule has 0 bridgehead atoms. The maximum atomic E-state index is 11.0. The van der Waals surface area contributed by atoms with Crippen LogP contribution in [0.15, 0.2) is 24.3 Å². The molecule has 0 aliphatic heterocycles. The second-order valence-corrected chi connectivity index (χ2v) is 5.53. The predicted molar refractivity (Wildman–Crippen MR) is 67.2 cm³/mol. The number of sulfonamides is 1. The molecule has 1 aromatic carbocycles. The second kappa shape index (κ2) is 5.86. The zero-order valence-electron chi connectivity index (χ0n) is 9.66. The van der Waals surface area contributed by atoms with Crippen LogP contribution >= 0.6 is 0 Å². The van der Waals surface area contributed by atoms with Gasteiger partial charge in [-0.05, 0) is 44.1 Å². The van der Waals surface area contributed by atoms with Crippen molar-refractivity contribution in [2.75, 3.05) is 24.6 Å². The summed E-state index contributed by atoms with van der Waals surface area (Å²) in [5, 5.41) is 3.09. The first-order valence-corrected chi connectivity index (χ1v) is 7.12. The Kier molecular flexibility index (Phi) is 4.76. The minimum Gasteiger partial charge on any atom is -0.320 e. The van der Waals surface area contributed by atoms with Gasteiger partial charge < -0.3 is 5.32 Å². The smallest absolute Gasteiger partial charge is 0.229 e. The summed E-state index contributed by atoms with van der Waals surface area (Å²) in [7, 11) is -1.24. The van der Waals surface area contributed by atoms with Gasteiger partial charge in [0.15, 0.2) is 0 Å². The Morgan fingerprint density at radius 2 is 1.81 bits per heavy atom. The van der Waals surface area contributed by atoms with Crippen LogP contribution in [0.4, 0.5) is 5.69 Å². The number of benzene rings is 1. The topological polar surface area (TPSA) is 58.2 Å². The highest BCUT2D eigenvalue weighted by Gasteiger charge is 2.01. The van der Waals surface area contributed by atoms with Crippen LogP contribution in [0, 0.1) is 0 Å². The summed E-state index contributed by atoms with van der Waals surface area (Å²) in [6, 6.07) is 7.47. The standard InChI is InChI=1S/C11H18N2O2S/c1-12-9-3-4-10-5-7-11(8-6-10)13-16(2,14)15/h5-8,12-13H,3-4,9H2,1-2H3. The average molecular weight is 242 g/mol. The van der Waals surface area contributed by atoms with E-state index in [1.54, 1.807) is 12.1 Å². The Morgan fingerprint density at radius 3 is 2.31 bits per heavy atom. The van der Waals surface area contributed by atoms with Gasteiger partial charge in [0, 0.05) is 5.69 Å². The molecule has 0 radical (unpaired) electrons. The van der Waals surface area contributed by atoms with Gasteiger partial charge in [-0.25, -0.2) is 8.42 Å². The van der Waals surface area contributed by atoms with E-state index in [-0.39, 0.29) is 0 Å². The summed E-state index contributed by atoms with van der Waals surface area (Å²) < 4.78 is 24.4. The minimum absolute atomic E-state index is 0.611. The van der Waals surface area contributed by atoms with Crippen molar-refractivity contribution < 1.29 is 8.42 Å². The predicted octanol–water partition coefficient (Wildman–Crippen LogP) is 1.21. The summed E-state index contributed by atoms with van der Waals surface area (Å²) >= 11 is 0.